The molecule has 0 heterocycles. The molecule has 0 radical (unpaired) electrons. The lowest BCUT2D eigenvalue weighted by Crippen LogP contribution is -2.11. The smallest absolute Gasteiger partial charge is 0.328 e. The molecule has 0 amide bonds. The van der Waals surface area contributed by atoms with Gasteiger partial charge in [0.2, 0.25) is 0 Å². The molecule has 0 saturated carbocycles. The van der Waals surface area contributed by atoms with E-state index >= 15 is 0 Å². The summed E-state index contributed by atoms with van der Waals surface area (Å²) in [6, 6.07) is 16.5. The Morgan fingerprint density at radius 3 is 2.50 bits per heavy atom. The van der Waals surface area contributed by atoms with Crippen molar-refractivity contribution in [1.82, 2.24) is 0 Å². The van der Waals surface area contributed by atoms with Gasteiger partial charge < -0.3 is 9.47 Å². The monoisotopic (exact) mass is 290 g/mol. The number of halogens is 1. The van der Waals surface area contributed by atoms with Gasteiger partial charge in [-0.1, -0.05) is 30.3 Å². The third-order valence-corrected chi connectivity index (χ3v) is 3.05. The third kappa shape index (κ3) is 3.75. The molecule has 0 saturated heterocycles. The maximum absolute atomic E-state index is 11.6. The van der Waals surface area contributed by atoms with Crippen molar-refractivity contribution in [3.05, 3.63) is 60.2 Å². The van der Waals surface area contributed by atoms with Crippen molar-refractivity contribution in [1.29, 1.82) is 0 Å². The molecule has 0 aromatic heterocycles. The van der Waals surface area contributed by atoms with Gasteiger partial charge in [0, 0.05) is 0 Å². The van der Waals surface area contributed by atoms with E-state index in [2.05, 4.69) is 0 Å². The van der Waals surface area contributed by atoms with Gasteiger partial charge in [0.05, 0.1) is 6.61 Å². The molecule has 0 aliphatic carbocycles. The fourth-order valence-corrected chi connectivity index (χ4v) is 1.91. The highest BCUT2D eigenvalue weighted by molar-refractivity contribution is 6.29. The molecule has 2 aromatic carbocycles. The second-order valence-corrected chi connectivity index (χ2v) is 4.54. The molecule has 1 atom stereocenters. The van der Waals surface area contributed by atoms with Crippen LogP contribution in [0.25, 0.3) is 0 Å². The first-order valence-corrected chi connectivity index (χ1v) is 6.78. The molecule has 3 nitrogen and oxygen atoms in total. The molecule has 104 valence electrons. The van der Waals surface area contributed by atoms with Crippen LogP contribution in [0.3, 0.4) is 0 Å². The van der Waals surface area contributed by atoms with E-state index in [-0.39, 0.29) is 0 Å². The van der Waals surface area contributed by atoms with Crippen molar-refractivity contribution < 1.29 is 14.3 Å². The molecule has 20 heavy (non-hydrogen) atoms. The van der Waals surface area contributed by atoms with Crippen LogP contribution in [0.2, 0.25) is 0 Å². The number of hydrogen-bond donors (Lipinski definition) is 0. The van der Waals surface area contributed by atoms with Crippen molar-refractivity contribution in [3.8, 4) is 11.5 Å². The Morgan fingerprint density at radius 2 is 1.80 bits per heavy atom. The standard InChI is InChI=1S/C16H15ClO3/c1-2-19-16(18)15(17)12-7-6-10-14(11-12)20-13-8-4-3-5-9-13/h3-11,15H,2H2,1H3. The average molecular weight is 291 g/mol. The van der Waals surface area contributed by atoms with Crippen LogP contribution in [-0.4, -0.2) is 12.6 Å². The zero-order valence-corrected chi connectivity index (χ0v) is 11.8. The van der Waals surface area contributed by atoms with Crippen LogP contribution < -0.4 is 4.74 Å². The third-order valence-electron chi connectivity index (χ3n) is 2.62. The summed E-state index contributed by atoms with van der Waals surface area (Å²) >= 11 is 6.08. The number of rotatable bonds is 5. The van der Waals surface area contributed by atoms with Gasteiger partial charge >= 0.3 is 5.97 Å². The van der Waals surface area contributed by atoms with Crippen LogP contribution in [0.15, 0.2) is 54.6 Å². The highest BCUT2D eigenvalue weighted by Crippen LogP contribution is 2.28. The van der Waals surface area contributed by atoms with Gasteiger partial charge in [-0.25, -0.2) is 0 Å². The molecule has 0 N–H and O–H groups in total. The Balaban J connectivity index is 2.13. The Kier molecular flexibility index (Phi) is 5.02. The minimum Gasteiger partial charge on any atom is -0.465 e. The minimum absolute atomic E-state index is 0.308. The van der Waals surface area contributed by atoms with Crippen molar-refractivity contribution >= 4 is 17.6 Å². The van der Waals surface area contributed by atoms with Crippen LogP contribution in [0, 0.1) is 0 Å². The predicted octanol–water partition coefficient (Wildman–Crippen LogP) is 4.32. The minimum atomic E-state index is -0.825. The van der Waals surface area contributed by atoms with Gasteiger partial charge in [-0.15, -0.1) is 11.6 Å². The number of hydrogen-bond acceptors (Lipinski definition) is 3. The van der Waals surface area contributed by atoms with Crippen LogP contribution in [0.4, 0.5) is 0 Å². The summed E-state index contributed by atoms with van der Waals surface area (Å²) in [5.41, 5.74) is 0.651. The van der Waals surface area contributed by atoms with Gasteiger partial charge in [-0.3, -0.25) is 4.79 Å². The van der Waals surface area contributed by atoms with Crippen LogP contribution in [0.5, 0.6) is 11.5 Å². The Morgan fingerprint density at radius 1 is 1.10 bits per heavy atom. The van der Waals surface area contributed by atoms with Gasteiger partial charge in [0.25, 0.3) is 0 Å². The molecule has 2 rings (SSSR count). The Hall–Kier alpha value is -2.00. The first kappa shape index (κ1) is 14.4. The second kappa shape index (κ2) is 6.96. The molecule has 0 bridgehead atoms. The fraction of sp³-hybridized carbons (Fsp3) is 0.188. The van der Waals surface area contributed by atoms with Crippen molar-refractivity contribution in [2.24, 2.45) is 0 Å². The molecule has 0 fully saturated rings. The van der Waals surface area contributed by atoms with E-state index in [0.717, 1.165) is 5.75 Å². The normalized spacial score (nSPS) is 11.7. The maximum Gasteiger partial charge on any atom is 0.328 e. The molecular formula is C16H15ClO3. The maximum atomic E-state index is 11.6. The SMILES string of the molecule is CCOC(=O)C(Cl)c1cccc(Oc2ccccc2)c1. The lowest BCUT2D eigenvalue weighted by Gasteiger charge is -2.11. The zero-order valence-electron chi connectivity index (χ0n) is 11.1. The van der Waals surface area contributed by atoms with Crippen LogP contribution in [-0.2, 0) is 9.53 Å². The lowest BCUT2D eigenvalue weighted by molar-refractivity contribution is -0.142. The lowest BCUT2D eigenvalue weighted by atomic mass is 10.1. The van der Waals surface area contributed by atoms with Crippen LogP contribution >= 0.6 is 11.6 Å². The summed E-state index contributed by atoms with van der Waals surface area (Å²) in [5, 5.41) is -0.825. The van der Waals surface area contributed by atoms with Gasteiger partial charge in [-0.2, -0.15) is 0 Å². The number of carbonyl (C=O) groups is 1. The molecule has 0 aliphatic rings. The van der Waals surface area contributed by atoms with Crippen molar-refractivity contribution in [2.45, 2.75) is 12.3 Å². The van der Waals surface area contributed by atoms with E-state index in [1.54, 1.807) is 25.1 Å². The average Bonchev–Trinajstić information content (AvgIpc) is 2.48. The summed E-state index contributed by atoms with van der Waals surface area (Å²) in [4.78, 5) is 11.6. The Bertz CT molecular complexity index is 569. The predicted molar refractivity (Wildman–Crippen MR) is 78.2 cm³/mol. The number of benzene rings is 2. The van der Waals surface area contributed by atoms with Gasteiger partial charge in [0.15, 0.2) is 5.38 Å². The van der Waals surface area contributed by atoms with E-state index in [9.17, 15) is 4.79 Å². The van der Waals surface area contributed by atoms with E-state index < -0.39 is 11.3 Å². The van der Waals surface area contributed by atoms with E-state index in [4.69, 9.17) is 21.1 Å². The van der Waals surface area contributed by atoms with Gasteiger partial charge in [0.1, 0.15) is 11.5 Å². The van der Waals surface area contributed by atoms with E-state index in [1.165, 1.54) is 0 Å². The molecule has 1 unspecified atom stereocenters. The molecular weight excluding hydrogens is 276 g/mol. The summed E-state index contributed by atoms with van der Waals surface area (Å²) < 4.78 is 10.6. The molecule has 2 aromatic rings. The number of esters is 1. The van der Waals surface area contributed by atoms with E-state index in [1.807, 2.05) is 36.4 Å². The second-order valence-electron chi connectivity index (χ2n) is 4.10. The van der Waals surface area contributed by atoms with Crippen molar-refractivity contribution in [3.63, 3.8) is 0 Å². The molecule has 0 aliphatic heterocycles. The highest BCUT2D eigenvalue weighted by atomic mass is 35.5. The highest BCUT2D eigenvalue weighted by Gasteiger charge is 2.19. The fourth-order valence-electron chi connectivity index (χ4n) is 1.71. The Labute approximate surface area is 123 Å². The summed E-state index contributed by atoms with van der Waals surface area (Å²) in [6.45, 7) is 2.05. The summed E-state index contributed by atoms with van der Waals surface area (Å²) in [7, 11) is 0. The molecule has 0 spiro atoms. The zero-order chi connectivity index (χ0) is 14.4. The quantitative estimate of drug-likeness (QED) is 0.607. The number of para-hydroxylation sites is 1. The van der Waals surface area contributed by atoms with Gasteiger partial charge in [-0.05, 0) is 36.8 Å². The topological polar surface area (TPSA) is 35.5 Å². The number of carbonyl (C=O) groups excluding carboxylic acids is 1. The summed E-state index contributed by atoms with van der Waals surface area (Å²) in [5.74, 6) is 0.904. The number of ether oxygens (including phenoxy) is 2. The number of alkyl halides is 1. The first-order chi connectivity index (χ1) is 9.70. The van der Waals surface area contributed by atoms with E-state index in [0.29, 0.717) is 17.9 Å². The first-order valence-electron chi connectivity index (χ1n) is 6.34. The van der Waals surface area contributed by atoms with Crippen molar-refractivity contribution in [2.75, 3.05) is 6.61 Å². The van der Waals surface area contributed by atoms with Crippen LogP contribution in [0.1, 0.15) is 17.9 Å². The summed E-state index contributed by atoms with van der Waals surface area (Å²) in [6.07, 6.45) is 0. The largest absolute Gasteiger partial charge is 0.465 e. The molecule has 4 heteroatoms.